The van der Waals surface area contributed by atoms with Crippen LogP contribution < -0.4 is 20.7 Å². The van der Waals surface area contributed by atoms with Gasteiger partial charge in [-0.3, -0.25) is 9.59 Å². The second kappa shape index (κ2) is 10.4. The summed E-state index contributed by atoms with van der Waals surface area (Å²) in [6, 6.07) is 9.46. The molecule has 4 rings (SSSR count). The Morgan fingerprint density at radius 3 is 0.900 bits per heavy atom. The molecule has 2 aromatic rings. The van der Waals surface area contributed by atoms with Crippen LogP contribution >= 0.6 is 0 Å². The number of benzene rings is 2. The molecule has 0 N–H and O–H groups in total. The molecular formula is C32H56O2Si6. The number of fused-ring (bicyclic) bond motifs is 2. The predicted molar refractivity (Wildman–Crippen MR) is 195 cm³/mol. The van der Waals surface area contributed by atoms with E-state index in [0.717, 1.165) is 24.0 Å². The molecule has 0 aromatic heterocycles. The van der Waals surface area contributed by atoms with Crippen molar-refractivity contribution in [2.24, 2.45) is 0 Å². The van der Waals surface area contributed by atoms with E-state index in [0.29, 0.717) is 0 Å². The second-order valence-corrected chi connectivity index (χ2v) is 70.3. The molecule has 0 saturated heterocycles. The molecule has 8 heteroatoms. The van der Waals surface area contributed by atoms with Gasteiger partial charge in [-0.1, -0.05) is 137 Å². The average molecular weight is 641 g/mol. The van der Waals surface area contributed by atoms with E-state index in [-0.39, 0.29) is 11.6 Å². The Kier molecular flexibility index (Phi) is 8.70. The first kappa shape index (κ1) is 33.6. The molecule has 0 amide bonds. The summed E-state index contributed by atoms with van der Waals surface area (Å²) < 4.78 is 0. The number of aryl methyl sites for hydroxylation is 2. The molecule has 2 heterocycles. The third-order valence-corrected chi connectivity index (χ3v) is 96.2. The third-order valence-electron chi connectivity index (χ3n) is 13.0. The first-order valence-electron chi connectivity index (χ1n) is 15.3. The maximum atomic E-state index is 12.0. The highest BCUT2D eigenvalue weighted by molar-refractivity contribution is 7.77. The van der Waals surface area contributed by atoms with Crippen LogP contribution in [0.1, 0.15) is 59.5 Å². The van der Waals surface area contributed by atoms with E-state index >= 15 is 0 Å². The normalized spacial score (nSPS) is 21.6. The summed E-state index contributed by atoms with van der Waals surface area (Å²) >= 11 is 0. The van der Waals surface area contributed by atoms with Gasteiger partial charge in [0, 0.05) is 25.3 Å². The molecule has 40 heavy (non-hydrogen) atoms. The summed E-state index contributed by atoms with van der Waals surface area (Å²) in [4.78, 5) is 24.0. The SMILES string of the molecule is CCc1cc2c(cc1C(C)=O)[Si](C)(C)[Si](C)(C)[Si]2(C)C.CCc1cc2c(cc1C(C)=O)[Si](C)(C)[Si](C)(C)[Si]2(C)C. The molecule has 2 nitrogen and oxygen atoms in total. The zero-order chi connectivity index (χ0) is 31.0. The summed E-state index contributed by atoms with van der Waals surface area (Å²) in [5, 5.41) is 6.61. The quantitative estimate of drug-likeness (QED) is 0.290. The number of ketones is 2. The Balaban J connectivity index is 0.000000220. The smallest absolute Gasteiger partial charge is 0.160 e. The van der Waals surface area contributed by atoms with E-state index in [2.05, 4.69) is 117 Å². The van der Waals surface area contributed by atoms with Crippen molar-refractivity contribution in [2.45, 2.75) is 119 Å². The fourth-order valence-corrected chi connectivity index (χ4v) is 76.5. The van der Waals surface area contributed by atoms with Crippen LogP contribution in [0.15, 0.2) is 24.3 Å². The lowest BCUT2D eigenvalue weighted by molar-refractivity contribution is 0.100. The molecule has 2 aromatic carbocycles. The first-order chi connectivity index (χ1) is 18.0. The van der Waals surface area contributed by atoms with Gasteiger partial charge in [0.1, 0.15) is 0 Å². The van der Waals surface area contributed by atoms with E-state index in [4.69, 9.17) is 0 Å². The molecule has 0 bridgehead atoms. The van der Waals surface area contributed by atoms with Gasteiger partial charge >= 0.3 is 0 Å². The highest BCUT2D eigenvalue weighted by atomic mass is 29.6. The van der Waals surface area contributed by atoms with E-state index in [9.17, 15) is 9.59 Å². The number of hydrogen-bond donors (Lipinski definition) is 0. The Morgan fingerprint density at radius 1 is 0.475 bits per heavy atom. The monoisotopic (exact) mass is 640 g/mol. The molecule has 0 aliphatic carbocycles. The first-order valence-corrected chi connectivity index (χ1v) is 37.3. The lowest BCUT2D eigenvalue weighted by atomic mass is 10.0. The van der Waals surface area contributed by atoms with Crippen LogP contribution in [0.3, 0.4) is 0 Å². The number of carbonyl (C=O) groups excluding carboxylic acids is 2. The topological polar surface area (TPSA) is 34.1 Å². The van der Waals surface area contributed by atoms with Crippen molar-refractivity contribution in [3.63, 3.8) is 0 Å². The molecule has 0 radical (unpaired) electrons. The maximum absolute atomic E-state index is 12.0. The summed E-state index contributed by atoms with van der Waals surface area (Å²) in [7, 11) is -7.91. The lowest BCUT2D eigenvalue weighted by Crippen LogP contribution is -2.68. The van der Waals surface area contributed by atoms with Crippen LogP contribution in [-0.4, -0.2) is 56.1 Å². The standard InChI is InChI=1S/2C16H28OSi3/c2*1-9-13-10-15-16(11-14(13)12(2)17)19(5,6)20(7,8)18(15,3)4/h2*10-11H,9H2,1-8H3. The largest absolute Gasteiger partial charge is 0.295 e. The Labute approximate surface area is 251 Å². The van der Waals surface area contributed by atoms with Crippen LogP contribution in [-0.2, 0) is 12.8 Å². The lowest BCUT2D eigenvalue weighted by Gasteiger charge is -2.40. The molecule has 2 aliphatic heterocycles. The van der Waals surface area contributed by atoms with Crippen LogP contribution in [0, 0.1) is 0 Å². The van der Waals surface area contributed by atoms with E-state index in [1.165, 1.54) is 11.1 Å². The third kappa shape index (κ3) is 4.54. The number of Topliss-reactive ketones (excluding diaryl/α,β-unsaturated/α-hetero) is 2. The summed E-state index contributed by atoms with van der Waals surface area (Å²) in [5.74, 6) is 0.473. The summed E-state index contributed by atoms with van der Waals surface area (Å²) in [6.07, 6.45) is 1.94. The van der Waals surface area contributed by atoms with Gasteiger partial charge in [-0.25, -0.2) is 0 Å². The van der Waals surface area contributed by atoms with Crippen molar-refractivity contribution in [1.29, 1.82) is 0 Å². The number of hydrogen-bond acceptors (Lipinski definition) is 2. The van der Waals surface area contributed by atoms with Crippen molar-refractivity contribution < 1.29 is 9.59 Å². The van der Waals surface area contributed by atoms with Gasteiger partial charge in [-0.05, 0) is 37.8 Å². The van der Waals surface area contributed by atoms with E-state index in [1.54, 1.807) is 34.6 Å². The van der Waals surface area contributed by atoms with Crippen LogP contribution in [0.25, 0.3) is 0 Å². The molecule has 220 valence electrons. The minimum atomic E-state index is -1.39. The summed E-state index contributed by atoms with van der Waals surface area (Å²) in [6.45, 7) is 38.7. The van der Waals surface area contributed by atoms with Gasteiger partial charge in [-0.15, -0.1) is 0 Å². The van der Waals surface area contributed by atoms with Gasteiger partial charge in [-0.2, -0.15) is 0 Å². The molecule has 0 saturated carbocycles. The van der Waals surface area contributed by atoms with Crippen molar-refractivity contribution >= 4 is 76.9 Å². The van der Waals surface area contributed by atoms with Crippen molar-refractivity contribution in [2.75, 3.05) is 0 Å². The van der Waals surface area contributed by atoms with Crippen LogP contribution in [0.4, 0.5) is 0 Å². The van der Waals surface area contributed by atoms with Crippen LogP contribution in [0.2, 0.25) is 78.6 Å². The Morgan fingerprint density at radius 2 is 0.700 bits per heavy atom. The molecule has 0 fully saturated rings. The minimum absolute atomic E-state index is 0.236. The number of carbonyl (C=O) groups is 2. The van der Waals surface area contributed by atoms with Crippen molar-refractivity contribution in [3.8, 4) is 0 Å². The van der Waals surface area contributed by atoms with Crippen molar-refractivity contribution in [1.82, 2.24) is 0 Å². The molecule has 0 atom stereocenters. The second-order valence-electron chi connectivity index (χ2n) is 15.7. The summed E-state index contributed by atoms with van der Waals surface area (Å²) in [5.41, 5.74) is 4.52. The highest BCUT2D eigenvalue weighted by Gasteiger charge is 2.61. The zero-order valence-electron chi connectivity index (χ0n) is 28.5. The van der Waals surface area contributed by atoms with E-state index in [1.807, 2.05) is 0 Å². The maximum Gasteiger partial charge on any atom is 0.160 e. The zero-order valence-corrected chi connectivity index (χ0v) is 34.5. The number of rotatable bonds is 4. The average Bonchev–Trinajstić information content (AvgIpc) is 3.02. The van der Waals surface area contributed by atoms with E-state index < -0.39 is 44.6 Å². The van der Waals surface area contributed by atoms with Gasteiger partial charge < -0.3 is 0 Å². The van der Waals surface area contributed by atoms with Gasteiger partial charge in [0.2, 0.25) is 0 Å². The Hall–Kier alpha value is -0.919. The minimum Gasteiger partial charge on any atom is -0.295 e. The fraction of sp³-hybridized carbons (Fsp3) is 0.562. The highest BCUT2D eigenvalue weighted by Crippen LogP contribution is 2.36. The van der Waals surface area contributed by atoms with Crippen molar-refractivity contribution in [3.05, 3.63) is 46.5 Å². The molecular weight excluding hydrogens is 585 g/mol. The fourth-order valence-electron chi connectivity index (χ4n) is 7.51. The van der Waals surface area contributed by atoms with Gasteiger partial charge in [0.05, 0.1) is 30.4 Å². The molecule has 0 spiro atoms. The predicted octanol–water partition coefficient (Wildman–Crippen LogP) is 6.32. The van der Waals surface area contributed by atoms with Gasteiger partial charge in [0.25, 0.3) is 0 Å². The molecule has 0 unspecified atom stereocenters. The van der Waals surface area contributed by atoms with Gasteiger partial charge in [0.15, 0.2) is 11.6 Å². The Bertz CT molecular complexity index is 1280. The molecule has 2 aliphatic rings. The van der Waals surface area contributed by atoms with Crippen LogP contribution in [0.5, 0.6) is 0 Å².